The van der Waals surface area contributed by atoms with Crippen LogP contribution in [0.4, 0.5) is 4.79 Å². The summed E-state index contributed by atoms with van der Waals surface area (Å²) in [5.41, 5.74) is -1.70. The van der Waals surface area contributed by atoms with Crippen molar-refractivity contribution < 1.29 is 28.7 Å². The highest BCUT2D eigenvalue weighted by Gasteiger charge is 2.54. The second-order valence-corrected chi connectivity index (χ2v) is 9.94. The van der Waals surface area contributed by atoms with Gasteiger partial charge in [-0.15, -0.1) is 0 Å². The second kappa shape index (κ2) is 6.73. The average molecular weight is 407 g/mol. The number of aromatic nitrogens is 2. The van der Waals surface area contributed by atoms with E-state index in [0.717, 1.165) is 0 Å². The lowest BCUT2D eigenvalue weighted by Gasteiger charge is -2.49. The fraction of sp³-hybridized carbons (Fsp3) is 0.737. The highest BCUT2D eigenvalue weighted by atomic mass is 16.7. The average Bonchev–Trinajstić information content (AvgIpc) is 3.04. The first kappa shape index (κ1) is 21.6. The molecular formula is C19H30BN3O6. The lowest BCUT2D eigenvalue weighted by atomic mass is 9.81. The molecule has 10 heteroatoms. The van der Waals surface area contributed by atoms with Crippen LogP contribution in [0.5, 0.6) is 0 Å². The molecule has 2 aliphatic heterocycles. The smallest absolute Gasteiger partial charge is 0.481 e. The molecule has 2 fully saturated rings. The molecule has 1 N–H and O–H groups in total. The predicted molar refractivity (Wildman–Crippen MR) is 106 cm³/mol. The molecule has 0 radical (unpaired) electrons. The Bertz CT molecular complexity index is 791. The number of nitrogens with zero attached hydrogens (tertiary/aromatic N) is 3. The third kappa shape index (κ3) is 4.14. The number of amides is 1. The van der Waals surface area contributed by atoms with Crippen LogP contribution < -0.4 is 5.46 Å². The summed E-state index contributed by atoms with van der Waals surface area (Å²) in [6.45, 7) is 13.7. The molecule has 9 nitrogen and oxygen atoms in total. The Morgan fingerprint density at radius 3 is 2.24 bits per heavy atom. The van der Waals surface area contributed by atoms with E-state index in [1.54, 1.807) is 37.8 Å². The van der Waals surface area contributed by atoms with Crippen molar-refractivity contribution in [3.63, 3.8) is 0 Å². The van der Waals surface area contributed by atoms with Gasteiger partial charge >= 0.3 is 19.2 Å². The van der Waals surface area contributed by atoms with Gasteiger partial charge in [0.1, 0.15) is 11.1 Å². The maximum absolute atomic E-state index is 12.3. The van der Waals surface area contributed by atoms with Crippen molar-refractivity contribution in [2.75, 3.05) is 13.1 Å². The number of carboxylic acid groups (broad SMARTS) is 1. The van der Waals surface area contributed by atoms with E-state index in [1.807, 2.05) is 27.7 Å². The van der Waals surface area contributed by atoms with Gasteiger partial charge in [0, 0.05) is 17.9 Å². The van der Waals surface area contributed by atoms with Crippen LogP contribution in [0.15, 0.2) is 12.4 Å². The van der Waals surface area contributed by atoms with E-state index in [-0.39, 0.29) is 19.5 Å². The zero-order valence-electron chi connectivity index (χ0n) is 18.2. The van der Waals surface area contributed by atoms with Crippen LogP contribution >= 0.6 is 0 Å². The second-order valence-electron chi connectivity index (χ2n) is 9.94. The van der Waals surface area contributed by atoms with Crippen molar-refractivity contribution in [1.82, 2.24) is 14.7 Å². The van der Waals surface area contributed by atoms with E-state index in [4.69, 9.17) is 14.0 Å². The van der Waals surface area contributed by atoms with Crippen LogP contribution in [0.3, 0.4) is 0 Å². The van der Waals surface area contributed by atoms with Crippen molar-refractivity contribution in [3.8, 4) is 0 Å². The Kier molecular flexibility index (Phi) is 5.02. The molecular weight excluding hydrogens is 377 g/mol. The molecule has 1 aromatic rings. The molecule has 160 valence electrons. The summed E-state index contributed by atoms with van der Waals surface area (Å²) in [6, 6.07) is 0. The van der Waals surface area contributed by atoms with Gasteiger partial charge in [-0.3, -0.25) is 9.48 Å². The van der Waals surface area contributed by atoms with Crippen LogP contribution in [-0.2, 0) is 24.4 Å². The minimum atomic E-state index is -0.957. The summed E-state index contributed by atoms with van der Waals surface area (Å²) in [6.07, 6.45) is 2.76. The van der Waals surface area contributed by atoms with Crippen molar-refractivity contribution >= 4 is 24.6 Å². The van der Waals surface area contributed by atoms with Gasteiger partial charge in [0.15, 0.2) is 0 Å². The van der Waals surface area contributed by atoms with Crippen LogP contribution in [0.1, 0.15) is 54.9 Å². The molecule has 0 spiro atoms. The van der Waals surface area contributed by atoms with Gasteiger partial charge in [0.2, 0.25) is 0 Å². The molecule has 1 aromatic heterocycles. The monoisotopic (exact) mass is 407 g/mol. The van der Waals surface area contributed by atoms with Crippen molar-refractivity contribution in [1.29, 1.82) is 0 Å². The van der Waals surface area contributed by atoms with Gasteiger partial charge in [0.05, 0.1) is 30.7 Å². The zero-order valence-corrected chi connectivity index (χ0v) is 18.2. The molecule has 3 rings (SSSR count). The summed E-state index contributed by atoms with van der Waals surface area (Å²) in [7, 11) is -0.585. The molecule has 1 amide bonds. The summed E-state index contributed by atoms with van der Waals surface area (Å²) < 4.78 is 19.1. The highest BCUT2D eigenvalue weighted by Crippen LogP contribution is 2.37. The van der Waals surface area contributed by atoms with Gasteiger partial charge < -0.3 is 24.1 Å². The molecule has 2 saturated heterocycles. The first-order valence-electron chi connectivity index (χ1n) is 9.75. The Labute approximate surface area is 171 Å². The number of hydrogen-bond donors (Lipinski definition) is 1. The molecule has 0 bridgehead atoms. The lowest BCUT2D eigenvalue weighted by Crippen LogP contribution is -2.65. The third-order valence-electron chi connectivity index (χ3n) is 5.72. The number of ether oxygens (including phenoxy) is 1. The Balaban J connectivity index is 1.77. The lowest BCUT2D eigenvalue weighted by molar-refractivity contribution is -0.143. The summed E-state index contributed by atoms with van der Waals surface area (Å²) in [5.74, 6) is -0.957. The van der Waals surface area contributed by atoms with Crippen molar-refractivity contribution in [2.45, 2.75) is 77.2 Å². The Morgan fingerprint density at radius 1 is 1.21 bits per heavy atom. The van der Waals surface area contributed by atoms with Gasteiger partial charge in [-0.2, -0.15) is 5.10 Å². The fourth-order valence-corrected chi connectivity index (χ4v) is 3.44. The van der Waals surface area contributed by atoms with Gasteiger partial charge in [0.25, 0.3) is 0 Å². The highest BCUT2D eigenvalue weighted by molar-refractivity contribution is 6.62. The summed E-state index contributed by atoms with van der Waals surface area (Å²) >= 11 is 0. The minimum Gasteiger partial charge on any atom is -0.481 e. The Morgan fingerprint density at radius 2 is 1.76 bits per heavy atom. The van der Waals surface area contributed by atoms with E-state index in [1.165, 1.54) is 4.90 Å². The molecule has 2 aliphatic rings. The van der Waals surface area contributed by atoms with Gasteiger partial charge in [-0.05, 0) is 48.5 Å². The first-order valence-corrected chi connectivity index (χ1v) is 9.75. The van der Waals surface area contributed by atoms with Crippen LogP contribution in [0, 0.1) is 0 Å². The quantitative estimate of drug-likeness (QED) is 0.757. The zero-order chi connectivity index (χ0) is 21.8. The van der Waals surface area contributed by atoms with Crippen LogP contribution in [-0.4, -0.2) is 68.9 Å². The summed E-state index contributed by atoms with van der Waals surface area (Å²) in [4.78, 5) is 25.3. The summed E-state index contributed by atoms with van der Waals surface area (Å²) in [5, 5.41) is 13.8. The van der Waals surface area contributed by atoms with E-state index >= 15 is 0 Å². The molecule has 29 heavy (non-hydrogen) atoms. The largest absolute Gasteiger partial charge is 0.498 e. The minimum absolute atomic E-state index is 0.156. The fourth-order valence-electron chi connectivity index (χ4n) is 3.44. The normalized spacial score (nSPS) is 22.3. The van der Waals surface area contributed by atoms with Crippen LogP contribution in [0.2, 0.25) is 0 Å². The van der Waals surface area contributed by atoms with Crippen LogP contribution in [0.25, 0.3) is 0 Å². The molecule has 0 unspecified atom stereocenters. The van der Waals surface area contributed by atoms with E-state index in [0.29, 0.717) is 5.46 Å². The van der Waals surface area contributed by atoms with Gasteiger partial charge in [-0.1, -0.05) is 0 Å². The standard InChI is InChI=1S/C19H30BN3O6/c1-16(2,3)27-15(26)22-11-19(12-22,8-14(24)25)23-10-13(9-21-23)20-28-17(4,5)18(6,7)29-20/h9-10H,8,11-12H2,1-7H3,(H,24,25). The maximum Gasteiger partial charge on any atom is 0.498 e. The predicted octanol–water partition coefficient (Wildman–Crippen LogP) is 1.60. The number of carboxylic acids is 1. The van der Waals surface area contributed by atoms with E-state index in [2.05, 4.69) is 5.10 Å². The van der Waals surface area contributed by atoms with E-state index < -0.39 is 41.5 Å². The number of rotatable bonds is 4. The third-order valence-corrected chi connectivity index (χ3v) is 5.72. The van der Waals surface area contributed by atoms with Crippen molar-refractivity contribution in [2.24, 2.45) is 0 Å². The molecule has 0 atom stereocenters. The number of likely N-dealkylation sites (tertiary alicyclic amines) is 1. The number of carbonyl (C=O) groups excluding carboxylic acids is 1. The van der Waals surface area contributed by atoms with E-state index in [9.17, 15) is 14.7 Å². The first-order chi connectivity index (χ1) is 13.1. The van der Waals surface area contributed by atoms with Gasteiger partial charge in [-0.25, -0.2) is 4.79 Å². The molecule has 0 aromatic carbocycles. The Hall–Kier alpha value is -2.07. The maximum atomic E-state index is 12.3. The van der Waals surface area contributed by atoms with Crippen molar-refractivity contribution in [3.05, 3.63) is 12.4 Å². The molecule has 3 heterocycles. The molecule has 0 saturated carbocycles. The number of hydrogen-bond acceptors (Lipinski definition) is 6. The number of carbonyl (C=O) groups is 2. The molecule has 0 aliphatic carbocycles. The number of aliphatic carboxylic acids is 1. The topological polar surface area (TPSA) is 103 Å². The SMILES string of the molecule is CC(C)(C)OC(=O)N1CC(CC(=O)O)(n2cc(B3OC(C)(C)C(C)(C)O3)cn2)C1.